The van der Waals surface area contributed by atoms with Gasteiger partial charge in [-0.05, 0) is 73.5 Å². The molecule has 35 heavy (non-hydrogen) atoms. The number of ether oxygens (including phenoxy) is 2. The minimum Gasteiger partial charge on any atom is -0.497 e. The summed E-state index contributed by atoms with van der Waals surface area (Å²) in [5.41, 5.74) is 2.91. The van der Waals surface area contributed by atoms with Crippen molar-refractivity contribution in [2.24, 2.45) is 0 Å². The van der Waals surface area contributed by atoms with E-state index in [-0.39, 0.29) is 29.5 Å². The van der Waals surface area contributed by atoms with Crippen LogP contribution in [0.15, 0.2) is 72.3 Å². The number of Topliss-reactive ketones (excluding diaryl/α,β-unsaturated/α-hetero) is 1. The number of ketones is 1. The number of carbonyl (C=O) groups excluding carboxylic acids is 1. The van der Waals surface area contributed by atoms with Crippen molar-refractivity contribution in [2.45, 2.75) is 26.4 Å². The van der Waals surface area contributed by atoms with Gasteiger partial charge in [0.05, 0.1) is 30.5 Å². The lowest BCUT2D eigenvalue weighted by molar-refractivity contribution is -0.130. The van der Waals surface area contributed by atoms with Gasteiger partial charge in [0.2, 0.25) is 0 Å². The van der Waals surface area contributed by atoms with Crippen LogP contribution in [-0.4, -0.2) is 38.8 Å². The average Bonchev–Trinajstić information content (AvgIpc) is 3.31. The van der Waals surface area contributed by atoms with E-state index >= 15 is 0 Å². The molecule has 0 saturated heterocycles. The number of methoxy groups -OCH3 is 1. The molecule has 0 spiro atoms. The third kappa shape index (κ3) is 5.55. The quantitative estimate of drug-likeness (QED) is 0.247. The second-order valence-electron chi connectivity index (χ2n) is 8.17. The summed E-state index contributed by atoms with van der Waals surface area (Å²) in [5, 5.41) is 10.2. The summed E-state index contributed by atoms with van der Waals surface area (Å²) in [4.78, 5) is 26.3. The Bertz CT molecular complexity index is 1390. The molecule has 1 heterocycles. The van der Waals surface area contributed by atoms with Crippen LogP contribution < -0.4 is 9.47 Å². The van der Waals surface area contributed by atoms with Gasteiger partial charge in [-0.3, -0.25) is 4.79 Å². The van der Waals surface area contributed by atoms with Crippen LogP contribution >= 0.6 is 11.7 Å². The van der Waals surface area contributed by atoms with E-state index in [4.69, 9.17) is 9.47 Å². The van der Waals surface area contributed by atoms with Crippen LogP contribution in [0, 0.1) is 0 Å². The van der Waals surface area contributed by atoms with Gasteiger partial charge in [-0.2, -0.15) is 8.75 Å². The molecular weight excluding hydrogens is 464 g/mol. The van der Waals surface area contributed by atoms with E-state index in [2.05, 4.69) is 8.75 Å². The monoisotopic (exact) mass is 488 g/mol. The van der Waals surface area contributed by atoms with Crippen LogP contribution in [-0.2, 0) is 11.2 Å². The summed E-state index contributed by atoms with van der Waals surface area (Å²) in [7, 11) is 1.57. The molecule has 4 aromatic rings. The summed E-state index contributed by atoms with van der Waals surface area (Å²) in [6.07, 6.45) is 0.123. The van der Waals surface area contributed by atoms with E-state index < -0.39 is 5.97 Å². The Balaban J connectivity index is 1.83. The minimum absolute atomic E-state index is 0.00388. The Labute approximate surface area is 207 Å². The highest BCUT2D eigenvalue weighted by molar-refractivity contribution is 7.00. The summed E-state index contributed by atoms with van der Waals surface area (Å²) < 4.78 is 19.3. The summed E-state index contributed by atoms with van der Waals surface area (Å²) in [6.45, 7) is 3.84. The van der Waals surface area contributed by atoms with E-state index in [0.29, 0.717) is 33.7 Å². The predicted octanol–water partition coefficient (Wildman–Crippen LogP) is 5.45. The first kappa shape index (κ1) is 24.1. The zero-order chi connectivity index (χ0) is 24.9. The molecule has 0 atom stereocenters. The number of carboxylic acid groups (broad SMARTS) is 1. The molecule has 1 aromatic heterocycles. The smallest absolute Gasteiger partial charge is 0.336 e. The largest absolute Gasteiger partial charge is 0.497 e. The normalized spacial score (nSPS) is 11.9. The molecule has 7 nitrogen and oxygen atoms in total. The number of fused-ring (bicyclic) bond motifs is 1. The van der Waals surface area contributed by atoms with E-state index in [9.17, 15) is 14.7 Å². The van der Waals surface area contributed by atoms with Gasteiger partial charge in [0.1, 0.15) is 22.5 Å². The van der Waals surface area contributed by atoms with Crippen molar-refractivity contribution in [3.05, 3.63) is 89.0 Å². The summed E-state index contributed by atoms with van der Waals surface area (Å²) in [5.74, 6) is -0.251. The van der Waals surface area contributed by atoms with Crippen LogP contribution in [0.3, 0.4) is 0 Å². The molecule has 0 unspecified atom stereocenters. The standard InChI is InChI=1S/C27H24N2O5S/c1-16(2)34-21-11-6-18(7-12-21)26(30)22(14-17-4-9-20(33-3)10-5-17)25(27(31)32)19-8-13-23-24(15-19)29-35-28-23/h4-13,15-16H,14H2,1-3H3,(H,31,32)/b25-22+. The van der Waals surface area contributed by atoms with Gasteiger partial charge in [0.15, 0.2) is 5.78 Å². The Morgan fingerprint density at radius 3 is 2.14 bits per heavy atom. The highest BCUT2D eigenvalue weighted by Crippen LogP contribution is 2.29. The molecule has 3 aromatic carbocycles. The fraction of sp³-hybridized carbons (Fsp3) is 0.185. The number of nitrogens with zero attached hydrogens (tertiary/aromatic N) is 2. The molecule has 0 amide bonds. The van der Waals surface area contributed by atoms with Crippen LogP contribution in [0.25, 0.3) is 16.6 Å². The molecule has 0 aliphatic carbocycles. The third-order valence-electron chi connectivity index (χ3n) is 5.36. The summed E-state index contributed by atoms with van der Waals surface area (Å²) in [6, 6.07) is 19.0. The first-order chi connectivity index (χ1) is 16.9. The molecule has 178 valence electrons. The van der Waals surface area contributed by atoms with Crippen LogP contribution in [0.5, 0.6) is 11.5 Å². The van der Waals surface area contributed by atoms with E-state index in [1.165, 1.54) is 0 Å². The number of hydrogen-bond acceptors (Lipinski definition) is 7. The van der Waals surface area contributed by atoms with Gasteiger partial charge in [-0.15, -0.1) is 0 Å². The van der Waals surface area contributed by atoms with Crippen molar-refractivity contribution < 1.29 is 24.2 Å². The number of aromatic nitrogens is 2. The maximum Gasteiger partial charge on any atom is 0.336 e. The molecule has 4 rings (SSSR count). The molecule has 0 bridgehead atoms. The molecule has 1 N–H and O–H groups in total. The first-order valence-electron chi connectivity index (χ1n) is 11.0. The lowest BCUT2D eigenvalue weighted by Gasteiger charge is -2.14. The second kappa shape index (κ2) is 10.5. The van der Waals surface area contributed by atoms with Gasteiger partial charge in [-0.25, -0.2) is 4.79 Å². The number of benzene rings is 3. The highest BCUT2D eigenvalue weighted by atomic mass is 32.1. The molecule has 0 saturated carbocycles. The second-order valence-corrected chi connectivity index (χ2v) is 8.70. The van der Waals surface area contributed by atoms with Gasteiger partial charge in [0.25, 0.3) is 0 Å². The number of carboxylic acids is 1. The molecule has 0 aliphatic rings. The topological polar surface area (TPSA) is 98.6 Å². The fourth-order valence-corrected chi connectivity index (χ4v) is 4.24. The lowest BCUT2D eigenvalue weighted by atomic mass is 9.89. The molecule has 8 heteroatoms. The van der Waals surface area contributed by atoms with Gasteiger partial charge < -0.3 is 14.6 Å². The Hall–Kier alpha value is -4.04. The Morgan fingerprint density at radius 1 is 0.886 bits per heavy atom. The van der Waals surface area contributed by atoms with Crippen LogP contribution in [0.4, 0.5) is 0 Å². The van der Waals surface area contributed by atoms with E-state index in [1.54, 1.807) is 61.7 Å². The minimum atomic E-state index is -1.19. The van der Waals surface area contributed by atoms with Crippen molar-refractivity contribution in [1.82, 2.24) is 8.75 Å². The van der Waals surface area contributed by atoms with Crippen molar-refractivity contribution in [3.8, 4) is 11.5 Å². The van der Waals surface area contributed by atoms with Crippen molar-refractivity contribution in [3.63, 3.8) is 0 Å². The maximum absolute atomic E-state index is 13.7. The first-order valence-corrected chi connectivity index (χ1v) is 11.7. The fourth-order valence-electron chi connectivity index (χ4n) is 3.73. The third-order valence-corrected chi connectivity index (χ3v) is 5.92. The molecule has 0 radical (unpaired) electrons. The van der Waals surface area contributed by atoms with Crippen LogP contribution in [0.2, 0.25) is 0 Å². The Morgan fingerprint density at radius 2 is 1.51 bits per heavy atom. The highest BCUT2D eigenvalue weighted by Gasteiger charge is 2.24. The maximum atomic E-state index is 13.7. The number of allylic oxidation sites excluding steroid dienone is 1. The van der Waals surface area contributed by atoms with Crippen molar-refractivity contribution in [2.75, 3.05) is 7.11 Å². The average molecular weight is 489 g/mol. The molecular formula is C27H24N2O5S. The molecule has 0 fully saturated rings. The van der Waals surface area contributed by atoms with Gasteiger partial charge in [-0.1, -0.05) is 18.2 Å². The van der Waals surface area contributed by atoms with Crippen molar-refractivity contribution in [1.29, 1.82) is 0 Å². The van der Waals surface area contributed by atoms with Crippen molar-refractivity contribution >= 4 is 40.1 Å². The lowest BCUT2D eigenvalue weighted by Crippen LogP contribution is -2.14. The number of carbonyl (C=O) groups is 2. The Kier molecular flexibility index (Phi) is 7.22. The van der Waals surface area contributed by atoms with Crippen LogP contribution in [0.1, 0.15) is 35.3 Å². The summed E-state index contributed by atoms with van der Waals surface area (Å²) >= 11 is 1.05. The zero-order valence-electron chi connectivity index (χ0n) is 19.5. The number of aliphatic carboxylic acids is 1. The predicted molar refractivity (Wildman–Crippen MR) is 135 cm³/mol. The SMILES string of the molecule is COc1ccc(C/C(C(=O)c2ccc(OC(C)C)cc2)=C(\C(=O)O)c2ccc3nsnc3c2)cc1. The van der Waals surface area contributed by atoms with E-state index in [0.717, 1.165) is 17.3 Å². The molecule has 0 aliphatic heterocycles. The zero-order valence-corrected chi connectivity index (χ0v) is 20.3. The van der Waals surface area contributed by atoms with E-state index in [1.807, 2.05) is 26.0 Å². The van der Waals surface area contributed by atoms with Gasteiger partial charge >= 0.3 is 5.97 Å². The number of hydrogen-bond donors (Lipinski definition) is 1. The number of rotatable bonds is 9. The van der Waals surface area contributed by atoms with Gasteiger partial charge in [0, 0.05) is 17.6 Å².